The molecule has 1 aromatic rings. The van der Waals surface area contributed by atoms with Crippen molar-refractivity contribution >= 4 is 5.78 Å². The maximum Gasteiger partial charge on any atom is 0.176 e. The summed E-state index contributed by atoms with van der Waals surface area (Å²) in [6.07, 6.45) is 6.21. The third-order valence-electron chi connectivity index (χ3n) is 4.88. The highest BCUT2D eigenvalue weighted by Crippen LogP contribution is 2.22. The highest BCUT2D eigenvalue weighted by molar-refractivity contribution is 5.97. The molecule has 0 aromatic heterocycles. The van der Waals surface area contributed by atoms with Crippen LogP contribution < -0.4 is 0 Å². The van der Waals surface area contributed by atoms with Crippen molar-refractivity contribution in [2.45, 2.75) is 32.1 Å². The number of benzene rings is 1. The highest BCUT2D eigenvalue weighted by Gasteiger charge is 2.18. The van der Waals surface area contributed by atoms with Crippen molar-refractivity contribution in [2.24, 2.45) is 0 Å². The van der Waals surface area contributed by atoms with Crippen molar-refractivity contribution in [1.82, 2.24) is 9.80 Å². The molecule has 0 saturated carbocycles. The molecule has 1 aromatic carbocycles. The van der Waals surface area contributed by atoms with Crippen LogP contribution in [0.25, 0.3) is 0 Å². The summed E-state index contributed by atoms with van der Waals surface area (Å²) >= 11 is 0. The van der Waals surface area contributed by atoms with Crippen LogP contribution in [0, 0.1) is 0 Å². The van der Waals surface area contributed by atoms with Crippen molar-refractivity contribution in [3.8, 4) is 0 Å². The molecule has 3 nitrogen and oxygen atoms in total. The zero-order chi connectivity index (χ0) is 14.7. The molecule has 1 heterocycles. The zero-order valence-electron chi connectivity index (χ0n) is 13.1. The first-order valence-corrected chi connectivity index (χ1v) is 8.28. The molecule has 1 aliphatic carbocycles. The van der Waals surface area contributed by atoms with Crippen LogP contribution in [0.15, 0.2) is 18.2 Å². The number of aryl methyl sites for hydroxylation is 2. The normalized spacial score (nSPS) is 20.8. The number of Topliss-reactive ketones (excluding diaryl/α,β-unsaturated/α-hetero) is 1. The van der Waals surface area contributed by atoms with E-state index < -0.39 is 0 Å². The summed E-state index contributed by atoms with van der Waals surface area (Å²) in [4.78, 5) is 17.1. The molecule has 3 heteroatoms. The summed E-state index contributed by atoms with van der Waals surface area (Å²) in [7, 11) is 2.14. The van der Waals surface area contributed by atoms with Gasteiger partial charge in [-0.3, -0.25) is 9.69 Å². The smallest absolute Gasteiger partial charge is 0.176 e. The number of carbonyl (C=O) groups excluding carboxylic acids is 1. The first kappa shape index (κ1) is 14.7. The molecule has 2 aliphatic rings. The van der Waals surface area contributed by atoms with E-state index in [2.05, 4.69) is 29.0 Å². The molecule has 3 rings (SSSR count). The van der Waals surface area contributed by atoms with Gasteiger partial charge in [0.15, 0.2) is 5.78 Å². The first-order valence-electron chi connectivity index (χ1n) is 8.28. The van der Waals surface area contributed by atoms with Crippen molar-refractivity contribution in [3.63, 3.8) is 0 Å². The van der Waals surface area contributed by atoms with E-state index in [0.29, 0.717) is 6.54 Å². The molecule has 0 atom stereocenters. The van der Waals surface area contributed by atoms with Crippen LogP contribution >= 0.6 is 0 Å². The minimum atomic E-state index is 0.284. The number of hydrogen-bond donors (Lipinski definition) is 0. The van der Waals surface area contributed by atoms with Gasteiger partial charge in [0, 0.05) is 31.7 Å². The van der Waals surface area contributed by atoms with E-state index in [9.17, 15) is 4.79 Å². The monoisotopic (exact) mass is 286 g/mol. The highest BCUT2D eigenvalue weighted by atomic mass is 16.1. The summed E-state index contributed by atoms with van der Waals surface area (Å²) in [5.74, 6) is 0.284. The lowest BCUT2D eigenvalue weighted by molar-refractivity contribution is 0.0876. The molecule has 0 unspecified atom stereocenters. The SMILES string of the molecule is CN1CCN(CC(=O)c2ccc3c(c2)CCCCC3)CC1. The van der Waals surface area contributed by atoms with Gasteiger partial charge in [0.25, 0.3) is 0 Å². The maximum atomic E-state index is 12.5. The van der Waals surface area contributed by atoms with Gasteiger partial charge in [0.05, 0.1) is 6.54 Å². The number of carbonyl (C=O) groups is 1. The van der Waals surface area contributed by atoms with Gasteiger partial charge >= 0.3 is 0 Å². The Morgan fingerprint density at radius 2 is 1.71 bits per heavy atom. The van der Waals surface area contributed by atoms with Crippen molar-refractivity contribution < 1.29 is 4.79 Å². The number of rotatable bonds is 3. The number of nitrogens with zero attached hydrogens (tertiary/aromatic N) is 2. The van der Waals surface area contributed by atoms with Crippen LogP contribution in [-0.4, -0.2) is 55.4 Å². The predicted octanol–water partition coefficient (Wildman–Crippen LogP) is 2.39. The molecule has 1 fully saturated rings. The second kappa shape index (κ2) is 6.71. The van der Waals surface area contributed by atoms with E-state index in [4.69, 9.17) is 0 Å². The Labute approximate surface area is 127 Å². The molecule has 0 N–H and O–H groups in total. The van der Waals surface area contributed by atoms with Gasteiger partial charge in [-0.25, -0.2) is 0 Å². The molecule has 0 spiro atoms. The fourth-order valence-corrected chi connectivity index (χ4v) is 3.38. The Morgan fingerprint density at radius 3 is 2.48 bits per heavy atom. The lowest BCUT2D eigenvalue weighted by Gasteiger charge is -2.31. The topological polar surface area (TPSA) is 23.6 Å². The first-order chi connectivity index (χ1) is 10.2. The Hall–Kier alpha value is -1.19. The molecule has 1 aliphatic heterocycles. The van der Waals surface area contributed by atoms with Gasteiger partial charge in [0.1, 0.15) is 0 Å². The van der Waals surface area contributed by atoms with Crippen LogP contribution in [0.2, 0.25) is 0 Å². The van der Waals surface area contributed by atoms with E-state index in [-0.39, 0.29) is 5.78 Å². The van der Waals surface area contributed by atoms with E-state index >= 15 is 0 Å². The lowest BCUT2D eigenvalue weighted by Crippen LogP contribution is -2.46. The molecule has 0 radical (unpaired) electrons. The molecular weight excluding hydrogens is 260 g/mol. The average molecular weight is 286 g/mol. The van der Waals surface area contributed by atoms with Gasteiger partial charge < -0.3 is 4.90 Å². The zero-order valence-corrected chi connectivity index (χ0v) is 13.1. The maximum absolute atomic E-state index is 12.5. The lowest BCUT2D eigenvalue weighted by atomic mass is 9.98. The number of piperazine rings is 1. The van der Waals surface area contributed by atoms with Crippen LogP contribution in [0.3, 0.4) is 0 Å². The average Bonchev–Trinajstić information content (AvgIpc) is 2.74. The summed E-state index contributed by atoms with van der Waals surface area (Å²) in [6, 6.07) is 6.40. The fraction of sp³-hybridized carbons (Fsp3) is 0.611. The third kappa shape index (κ3) is 3.72. The summed E-state index contributed by atoms with van der Waals surface area (Å²) < 4.78 is 0. The van der Waals surface area contributed by atoms with Gasteiger partial charge in [-0.05, 0) is 49.9 Å². The van der Waals surface area contributed by atoms with E-state index in [1.807, 2.05) is 6.07 Å². The molecule has 21 heavy (non-hydrogen) atoms. The van der Waals surface area contributed by atoms with Crippen LogP contribution in [-0.2, 0) is 12.8 Å². The quantitative estimate of drug-likeness (QED) is 0.629. The van der Waals surface area contributed by atoms with Crippen molar-refractivity contribution in [2.75, 3.05) is 39.8 Å². The molecular formula is C18H26N2O. The Bertz CT molecular complexity index is 504. The fourth-order valence-electron chi connectivity index (χ4n) is 3.38. The predicted molar refractivity (Wildman–Crippen MR) is 86.0 cm³/mol. The van der Waals surface area contributed by atoms with Crippen LogP contribution in [0.5, 0.6) is 0 Å². The number of hydrogen-bond acceptors (Lipinski definition) is 3. The molecule has 114 valence electrons. The molecule has 1 saturated heterocycles. The van der Waals surface area contributed by atoms with Crippen molar-refractivity contribution in [1.29, 1.82) is 0 Å². The largest absolute Gasteiger partial charge is 0.304 e. The van der Waals surface area contributed by atoms with Gasteiger partial charge in [-0.15, -0.1) is 0 Å². The second-order valence-electron chi connectivity index (χ2n) is 6.55. The van der Waals surface area contributed by atoms with Gasteiger partial charge in [0.2, 0.25) is 0 Å². The second-order valence-corrected chi connectivity index (χ2v) is 6.55. The molecule has 0 amide bonds. The number of ketones is 1. The van der Waals surface area contributed by atoms with Crippen LogP contribution in [0.4, 0.5) is 0 Å². The van der Waals surface area contributed by atoms with Crippen molar-refractivity contribution in [3.05, 3.63) is 34.9 Å². The third-order valence-corrected chi connectivity index (χ3v) is 4.88. The van der Waals surface area contributed by atoms with E-state index in [0.717, 1.165) is 38.2 Å². The summed E-state index contributed by atoms with van der Waals surface area (Å²) in [6.45, 7) is 4.72. The standard InChI is InChI=1S/C18H26N2O/c1-19-9-11-20(12-10-19)14-18(21)17-8-7-15-5-3-2-4-6-16(15)13-17/h7-8,13H,2-6,9-12,14H2,1H3. The van der Waals surface area contributed by atoms with Crippen LogP contribution in [0.1, 0.15) is 40.7 Å². The number of likely N-dealkylation sites (N-methyl/N-ethyl adjacent to an activating group) is 1. The molecule has 0 bridgehead atoms. The van der Waals surface area contributed by atoms with Gasteiger partial charge in [-0.1, -0.05) is 18.6 Å². The number of fused-ring (bicyclic) bond motifs is 1. The Morgan fingerprint density at radius 1 is 1.00 bits per heavy atom. The Kier molecular flexibility index (Phi) is 4.71. The minimum Gasteiger partial charge on any atom is -0.304 e. The minimum absolute atomic E-state index is 0.284. The Balaban J connectivity index is 1.66. The van der Waals surface area contributed by atoms with E-state index in [1.165, 1.54) is 36.8 Å². The summed E-state index contributed by atoms with van der Waals surface area (Å²) in [5.41, 5.74) is 3.79. The van der Waals surface area contributed by atoms with Gasteiger partial charge in [-0.2, -0.15) is 0 Å². The summed E-state index contributed by atoms with van der Waals surface area (Å²) in [5, 5.41) is 0. The van der Waals surface area contributed by atoms with E-state index in [1.54, 1.807) is 0 Å².